The molecule has 98 valence electrons. The second-order valence-corrected chi connectivity index (χ2v) is 5.39. The first-order valence-electron chi connectivity index (χ1n) is 6.74. The zero-order valence-corrected chi connectivity index (χ0v) is 10.8. The van der Waals surface area contributed by atoms with E-state index < -0.39 is 6.10 Å². The highest BCUT2D eigenvalue weighted by molar-refractivity contribution is 5.38. The minimum Gasteiger partial charge on any atom is -0.484 e. The molecule has 0 bridgehead atoms. The molecule has 0 amide bonds. The van der Waals surface area contributed by atoms with Gasteiger partial charge in [-0.05, 0) is 25.3 Å². The lowest BCUT2D eigenvalue weighted by Crippen LogP contribution is -2.53. The number of para-hydroxylation sites is 1. The molecule has 1 heterocycles. The minimum atomic E-state index is -0.439. The van der Waals surface area contributed by atoms with Gasteiger partial charge < -0.3 is 14.6 Å². The topological polar surface area (TPSA) is 38.7 Å². The molecular weight excluding hydrogens is 228 g/mol. The van der Waals surface area contributed by atoms with Crippen molar-refractivity contribution in [3.63, 3.8) is 0 Å². The van der Waals surface area contributed by atoms with Gasteiger partial charge in [-0.1, -0.05) is 24.6 Å². The number of hydrogen-bond acceptors (Lipinski definition) is 3. The first-order chi connectivity index (χ1) is 8.75. The van der Waals surface area contributed by atoms with Gasteiger partial charge in [-0.3, -0.25) is 0 Å². The van der Waals surface area contributed by atoms with Gasteiger partial charge in [-0.25, -0.2) is 0 Å². The normalized spacial score (nSPS) is 35.0. The monoisotopic (exact) mass is 248 g/mol. The first kappa shape index (κ1) is 12.0. The van der Waals surface area contributed by atoms with Crippen LogP contribution in [0.25, 0.3) is 0 Å². The smallest absolute Gasteiger partial charge is 0.138 e. The number of aliphatic hydroxyl groups excluding tert-OH is 1. The Morgan fingerprint density at radius 3 is 3.00 bits per heavy atom. The molecule has 3 heteroatoms. The Hall–Kier alpha value is -1.06. The number of rotatable bonds is 1. The number of benzene rings is 1. The largest absolute Gasteiger partial charge is 0.484 e. The van der Waals surface area contributed by atoms with Crippen molar-refractivity contribution in [3.8, 4) is 5.75 Å². The van der Waals surface area contributed by atoms with Crippen LogP contribution in [0.1, 0.15) is 43.8 Å². The molecule has 2 aliphatic rings. The fourth-order valence-corrected chi connectivity index (χ4v) is 3.41. The van der Waals surface area contributed by atoms with Crippen molar-refractivity contribution in [1.82, 2.24) is 0 Å². The fourth-order valence-electron chi connectivity index (χ4n) is 3.41. The second kappa shape index (κ2) is 4.56. The molecule has 1 aromatic rings. The van der Waals surface area contributed by atoms with Crippen LogP contribution < -0.4 is 4.74 Å². The third kappa shape index (κ3) is 1.82. The molecule has 1 saturated carbocycles. The lowest BCUT2D eigenvalue weighted by Gasteiger charge is -2.47. The van der Waals surface area contributed by atoms with E-state index in [0.717, 1.165) is 30.6 Å². The van der Waals surface area contributed by atoms with Gasteiger partial charge in [0, 0.05) is 19.1 Å². The Kier molecular flexibility index (Phi) is 3.04. The Morgan fingerprint density at radius 2 is 2.17 bits per heavy atom. The molecule has 3 nitrogen and oxygen atoms in total. The number of hydrogen-bond donors (Lipinski definition) is 1. The number of ether oxygens (including phenoxy) is 2. The molecule has 1 N–H and O–H groups in total. The third-order valence-electron chi connectivity index (χ3n) is 4.32. The molecule has 3 atom stereocenters. The van der Waals surface area contributed by atoms with E-state index in [0.29, 0.717) is 6.42 Å². The summed E-state index contributed by atoms with van der Waals surface area (Å²) in [7, 11) is 1.74. The molecule has 0 aromatic heterocycles. The van der Waals surface area contributed by atoms with Crippen LogP contribution in [0.3, 0.4) is 0 Å². The van der Waals surface area contributed by atoms with Crippen LogP contribution in [0.4, 0.5) is 0 Å². The van der Waals surface area contributed by atoms with Crippen LogP contribution in [0.15, 0.2) is 24.3 Å². The molecule has 18 heavy (non-hydrogen) atoms. The average Bonchev–Trinajstić information content (AvgIpc) is 2.39. The number of methoxy groups -OCH3 is 1. The van der Waals surface area contributed by atoms with Crippen molar-refractivity contribution in [1.29, 1.82) is 0 Å². The number of fused-ring (bicyclic) bond motifs is 1. The van der Waals surface area contributed by atoms with Gasteiger partial charge in [0.1, 0.15) is 11.4 Å². The summed E-state index contributed by atoms with van der Waals surface area (Å²) in [6, 6.07) is 7.78. The van der Waals surface area contributed by atoms with E-state index in [1.807, 2.05) is 24.3 Å². The van der Waals surface area contributed by atoms with Crippen molar-refractivity contribution in [3.05, 3.63) is 29.8 Å². The van der Waals surface area contributed by atoms with E-state index in [4.69, 9.17) is 9.47 Å². The Bertz CT molecular complexity index is 432. The van der Waals surface area contributed by atoms with Crippen LogP contribution >= 0.6 is 0 Å². The van der Waals surface area contributed by atoms with Crippen LogP contribution in [0, 0.1) is 0 Å². The molecular formula is C15H20O3. The quantitative estimate of drug-likeness (QED) is 0.830. The van der Waals surface area contributed by atoms with Crippen LogP contribution in [0.5, 0.6) is 5.75 Å². The molecule has 1 fully saturated rings. The summed E-state index contributed by atoms with van der Waals surface area (Å²) in [6.07, 6.45) is 4.61. The van der Waals surface area contributed by atoms with Crippen molar-refractivity contribution in [2.45, 2.75) is 49.9 Å². The zero-order valence-electron chi connectivity index (χ0n) is 10.8. The van der Waals surface area contributed by atoms with Gasteiger partial charge in [0.25, 0.3) is 0 Å². The average molecular weight is 248 g/mol. The molecule has 1 spiro atoms. The van der Waals surface area contributed by atoms with Crippen LogP contribution in [-0.2, 0) is 4.74 Å². The molecule has 0 saturated heterocycles. The highest BCUT2D eigenvalue weighted by Gasteiger charge is 2.48. The van der Waals surface area contributed by atoms with E-state index >= 15 is 0 Å². The van der Waals surface area contributed by atoms with Gasteiger partial charge >= 0.3 is 0 Å². The summed E-state index contributed by atoms with van der Waals surface area (Å²) in [5, 5.41) is 10.4. The van der Waals surface area contributed by atoms with E-state index in [1.165, 1.54) is 6.42 Å². The molecule has 1 aromatic carbocycles. The Balaban J connectivity index is 1.96. The van der Waals surface area contributed by atoms with Crippen molar-refractivity contribution >= 4 is 0 Å². The highest BCUT2D eigenvalue weighted by atomic mass is 16.5. The summed E-state index contributed by atoms with van der Waals surface area (Å²) in [6.45, 7) is 0. The third-order valence-corrected chi connectivity index (χ3v) is 4.32. The molecule has 3 rings (SSSR count). The highest BCUT2D eigenvalue weighted by Crippen LogP contribution is 2.46. The summed E-state index contributed by atoms with van der Waals surface area (Å²) in [5.41, 5.74) is 0.573. The molecule has 1 aliphatic heterocycles. The maximum atomic E-state index is 10.4. The van der Waals surface area contributed by atoms with Crippen molar-refractivity contribution in [2.24, 2.45) is 0 Å². The Morgan fingerprint density at radius 1 is 1.33 bits per heavy atom. The van der Waals surface area contributed by atoms with Gasteiger partial charge in [0.2, 0.25) is 0 Å². The second-order valence-electron chi connectivity index (χ2n) is 5.39. The number of aliphatic hydroxyl groups is 1. The SMILES string of the molecule is COC1CCCCC12C[C@H](O)c1ccccc1O2. The van der Waals surface area contributed by atoms with E-state index in [1.54, 1.807) is 7.11 Å². The van der Waals surface area contributed by atoms with Gasteiger partial charge in [0.15, 0.2) is 0 Å². The van der Waals surface area contributed by atoms with E-state index in [-0.39, 0.29) is 11.7 Å². The standard InChI is InChI=1S/C15H20O3/c1-17-14-8-4-5-9-15(14)10-12(16)11-6-2-3-7-13(11)18-15/h2-3,6-7,12,14,16H,4-5,8-10H2,1H3/t12-,14?,15?/m0/s1. The van der Waals surface area contributed by atoms with Gasteiger partial charge in [-0.2, -0.15) is 0 Å². The molecule has 0 radical (unpaired) electrons. The Labute approximate surface area is 108 Å². The maximum absolute atomic E-state index is 10.4. The van der Waals surface area contributed by atoms with E-state index in [2.05, 4.69) is 0 Å². The van der Waals surface area contributed by atoms with Crippen molar-refractivity contribution < 1.29 is 14.6 Å². The van der Waals surface area contributed by atoms with Crippen molar-refractivity contribution in [2.75, 3.05) is 7.11 Å². The molecule has 2 unspecified atom stereocenters. The van der Waals surface area contributed by atoms with E-state index in [9.17, 15) is 5.11 Å². The predicted octanol–water partition coefficient (Wildman–Crippen LogP) is 2.83. The zero-order chi connectivity index (χ0) is 12.6. The van der Waals surface area contributed by atoms with Crippen LogP contribution in [0.2, 0.25) is 0 Å². The maximum Gasteiger partial charge on any atom is 0.138 e. The summed E-state index contributed by atoms with van der Waals surface area (Å²) in [4.78, 5) is 0. The first-order valence-corrected chi connectivity index (χ1v) is 6.74. The predicted molar refractivity (Wildman–Crippen MR) is 68.6 cm³/mol. The van der Waals surface area contributed by atoms with Gasteiger partial charge in [-0.15, -0.1) is 0 Å². The summed E-state index contributed by atoms with van der Waals surface area (Å²) >= 11 is 0. The lowest BCUT2D eigenvalue weighted by atomic mass is 9.75. The van der Waals surface area contributed by atoms with Crippen LogP contribution in [-0.4, -0.2) is 23.9 Å². The fraction of sp³-hybridized carbons (Fsp3) is 0.600. The lowest BCUT2D eigenvalue weighted by molar-refractivity contribution is -0.130. The van der Waals surface area contributed by atoms with Gasteiger partial charge in [0.05, 0.1) is 12.2 Å². The summed E-state index contributed by atoms with van der Waals surface area (Å²) in [5.74, 6) is 0.820. The summed E-state index contributed by atoms with van der Waals surface area (Å²) < 4.78 is 11.9. The molecule has 1 aliphatic carbocycles. The minimum absolute atomic E-state index is 0.0919.